The van der Waals surface area contributed by atoms with Crippen LogP contribution in [-0.4, -0.2) is 49.6 Å². The molecule has 0 N–H and O–H groups in total. The molecule has 0 aliphatic carbocycles. The zero-order chi connectivity index (χ0) is 20.5. The van der Waals surface area contributed by atoms with Gasteiger partial charge in [0.1, 0.15) is 17.1 Å². The molecule has 1 fully saturated rings. The van der Waals surface area contributed by atoms with E-state index >= 15 is 0 Å². The molecular weight excluding hydrogens is 370 g/mol. The molecule has 0 bridgehead atoms. The monoisotopic (exact) mass is 399 g/mol. The van der Waals surface area contributed by atoms with Crippen LogP contribution in [0.1, 0.15) is 46.6 Å². The van der Waals surface area contributed by atoms with E-state index in [1.54, 1.807) is 17.0 Å². The van der Waals surface area contributed by atoms with Crippen molar-refractivity contribution in [3.8, 4) is 5.75 Å². The zero-order valence-corrected chi connectivity index (χ0v) is 17.6. The van der Waals surface area contributed by atoms with E-state index in [-0.39, 0.29) is 17.9 Å². The lowest BCUT2D eigenvalue weighted by Gasteiger charge is -2.35. The third kappa shape index (κ3) is 6.39. The lowest BCUT2D eigenvalue weighted by Crippen LogP contribution is -2.49. The van der Waals surface area contributed by atoms with Crippen LogP contribution in [0.25, 0.3) is 0 Å². The molecule has 1 heterocycles. The summed E-state index contributed by atoms with van der Waals surface area (Å²) in [6, 6.07) is 6.79. The fourth-order valence-corrected chi connectivity index (χ4v) is 3.46. The smallest absolute Gasteiger partial charge is 0.412 e. The highest BCUT2D eigenvalue weighted by molar-refractivity contribution is 7.86. The number of hydrogen-bond donors (Lipinski definition) is 0. The van der Waals surface area contributed by atoms with Crippen molar-refractivity contribution in [1.82, 2.24) is 4.90 Å². The fourth-order valence-electron chi connectivity index (χ4n) is 3.00. The summed E-state index contributed by atoms with van der Waals surface area (Å²) < 4.78 is 38.5. The molecular formula is C19H29NO6S. The maximum atomic E-state index is 12.6. The highest BCUT2D eigenvalue weighted by Crippen LogP contribution is 2.31. The average Bonchev–Trinajstić information content (AvgIpc) is 2.78. The standard InChI is InChI=1S/C19H29NO6S/c1-18(2,3)25-17(21)20-15(13-24-19(20,4)5)10-7-14-8-11-16(12-9-14)26-27(6,22)23/h8-9,11-12,15H,7,10,13H2,1-6H3/t15-/m0/s1. The first-order valence-electron chi connectivity index (χ1n) is 8.91. The Bertz CT molecular complexity index is 764. The molecule has 7 nitrogen and oxygen atoms in total. The van der Waals surface area contributed by atoms with Crippen molar-refractivity contribution in [2.24, 2.45) is 0 Å². The Morgan fingerprint density at radius 3 is 2.37 bits per heavy atom. The van der Waals surface area contributed by atoms with E-state index in [1.165, 1.54) is 0 Å². The molecule has 1 aromatic rings. The maximum Gasteiger partial charge on any atom is 0.412 e. The van der Waals surface area contributed by atoms with Gasteiger partial charge in [-0.1, -0.05) is 12.1 Å². The van der Waals surface area contributed by atoms with Gasteiger partial charge in [0.15, 0.2) is 0 Å². The van der Waals surface area contributed by atoms with Crippen LogP contribution in [-0.2, 0) is 26.0 Å². The highest BCUT2D eigenvalue weighted by Gasteiger charge is 2.45. The van der Waals surface area contributed by atoms with Crippen LogP contribution < -0.4 is 4.18 Å². The van der Waals surface area contributed by atoms with Crippen molar-refractivity contribution in [2.45, 2.75) is 64.8 Å². The predicted molar refractivity (Wildman–Crippen MR) is 102 cm³/mol. The lowest BCUT2D eigenvalue weighted by molar-refractivity contribution is -0.0626. The Balaban J connectivity index is 2.02. The molecule has 1 aliphatic rings. The predicted octanol–water partition coefficient (Wildman–Crippen LogP) is 3.33. The van der Waals surface area contributed by atoms with Gasteiger partial charge < -0.3 is 13.7 Å². The van der Waals surface area contributed by atoms with Gasteiger partial charge in [-0.05, 0) is 65.2 Å². The van der Waals surface area contributed by atoms with Gasteiger partial charge in [0.25, 0.3) is 0 Å². The third-order valence-corrected chi connectivity index (χ3v) is 4.60. The van der Waals surface area contributed by atoms with Gasteiger partial charge >= 0.3 is 16.2 Å². The van der Waals surface area contributed by atoms with Crippen molar-refractivity contribution in [3.05, 3.63) is 29.8 Å². The van der Waals surface area contributed by atoms with E-state index in [0.29, 0.717) is 19.4 Å². The first-order chi connectivity index (χ1) is 12.3. The minimum Gasteiger partial charge on any atom is -0.444 e. The van der Waals surface area contributed by atoms with Gasteiger partial charge in [-0.2, -0.15) is 8.42 Å². The fraction of sp³-hybridized carbons (Fsp3) is 0.632. The molecule has 152 valence electrons. The van der Waals surface area contributed by atoms with Crippen molar-refractivity contribution in [1.29, 1.82) is 0 Å². The normalized spacial score (nSPS) is 19.8. The first kappa shape index (κ1) is 21.5. The molecule has 0 radical (unpaired) electrons. The molecule has 1 aliphatic heterocycles. The molecule has 8 heteroatoms. The minimum absolute atomic E-state index is 0.0956. The van der Waals surface area contributed by atoms with Gasteiger partial charge in [0.2, 0.25) is 0 Å². The average molecular weight is 400 g/mol. The second-order valence-corrected chi connectivity index (χ2v) is 9.81. The van der Waals surface area contributed by atoms with E-state index in [0.717, 1.165) is 11.8 Å². The quantitative estimate of drug-likeness (QED) is 0.707. The van der Waals surface area contributed by atoms with Crippen LogP contribution in [0.3, 0.4) is 0 Å². The Labute approximate surface area is 161 Å². The molecule has 1 amide bonds. The summed E-state index contributed by atoms with van der Waals surface area (Å²) >= 11 is 0. The topological polar surface area (TPSA) is 82.1 Å². The molecule has 1 aromatic carbocycles. The van der Waals surface area contributed by atoms with Crippen molar-refractivity contribution >= 4 is 16.2 Å². The number of ether oxygens (including phenoxy) is 2. The summed E-state index contributed by atoms with van der Waals surface area (Å²) in [6.07, 6.45) is 2.04. The first-order valence-corrected chi connectivity index (χ1v) is 10.7. The number of hydrogen-bond acceptors (Lipinski definition) is 6. The molecule has 27 heavy (non-hydrogen) atoms. The number of aryl methyl sites for hydroxylation is 1. The molecule has 0 spiro atoms. The second kappa shape index (κ2) is 7.67. The van der Waals surface area contributed by atoms with E-state index < -0.39 is 21.4 Å². The van der Waals surface area contributed by atoms with Crippen molar-refractivity contribution < 1.29 is 26.9 Å². The number of carbonyl (C=O) groups is 1. The highest BCUT2D eigenvalue weighted by atomic mass is 32.2. The summed E-state index contributed by atoms with van der Waals surface area (Å²) in [7, 11) is -3.53. The van der Waals surface area contributed by atoms with Gasteiger partial charge in [0.05, 0.1) is 18.9 Å². The summed E-state index contributed by atoms with van der Waals surface area (Å²) in [5.41, 5.74) is -0.277. The number of carbonyl (C=O) groups excluding carboxylic acids is 1. The number of nitrogens with zero attached hydrogens (tertiary/aromatic N) is 1. The van der Waals surface area contributed by atoms with E-state index in [4.69, 9.17) is 13.7 Å². The summed E-state index contributed by atoms with van der Waals surface area (Å²) in [5, 5.41) is 0. The van der Waals surface area contributed by atoms with Crippen LogP contribution in [0, 0.1) is 0 Å². The van der Waals surface area contributed by atoms with Crippen LogP contribution >= 0.6 is 0 Å². The van der Waals surface area contributed by atoms with Crippen molar-refractivity contribution in [2.75, 3.05) is 12.9 Å². The van der Waals surface area contributed by atoms with Crippen molar-refractivity contribution in [3.63, 3.8) is 0 Å². The van der Waals surface area contributed by atoms with Crippen LogP contribution in [0.5, 0.6) is 5.75 Å². The molecule has 0 saturated carbocycles. The number of amides is 1. The van der Waals surface area contributed by atoms with E-state index in [2.05, 4.69) is 0 Å². The Kier molecular flexibility index (Phi) is 6.11. The van der Waals surface area contributed by atoms with E-state index in [9.17, 15) is 13.2 Å². The molecule has 0 unspecified atom stereocenters. The number of benzene rings is 1. The van der Waals surface area contributed by atoms with Gasteiger partial charge in [-0.25, -0.2) is 4.79 Å². The molecule has 1 saturated heterocycles. The Morgan fingerprint density at radius 1 is 1.26 bits per heavy atom. The second-order valence-electron chi connectivity index (χ2n) is 8.23. The lowest BCUT2D eigenvalue weighted by atomic mass is 10.0. The van der Waals surface area contributed by atoms with Gasteiger partial charge in [-0.15, -0.1) is 0 Å². The third-order valence-electron chi connectivity index (χ3n) is 4.10. The Morgan fingerprint density at radius 2 is 1.85 bits per heavy atom. The largest absolute Gasteiger partial charge is 0.444 e. The number of rotatable bonds is 5. The SMILES string of the molecule is CC(C)(C)OC(=O)N1[C@@H](CCc2ccc(OS(C)(=O)=O)cc2)COC1(C)C. The summed E-state index contributed by atoms with van der Waals surface area (Å²) in [5.74, 6) is 0.280. The minimum atomic E-state index is -3.53. The van der Waals surface area contributed by atoms with Crippen LogP contribution in [0.2, 0.25) is 0 Å². The summed E-state index contributed by atoms with van der Waals surface area (Å²) in [4.78, 5) is 14.3. The van der Waals surface area contributed by atoms with Crippen LogP contribution in [0.15, 0.2) is 24.3 Å². The zero-order valence-electron chi connectivity index (χ0n) is 16.8. The molecule has 0 aromatic heterocycles. The maximum absolute atomic E-state index is 12.6. The van der Waals surface area contributed by atoms with Crippen LogP contribution in [0.4, 0.5) is 4.79 Å². The van der Waals surface area contributed by atoms with Gasteiger partial charge in [0, 0.05) is 0 Å². The summed E-state index contributed by atoms with van der Waals surface area (Å²) in [6.45, 7) is 9.67. The molecule has 1 atom stereocenters. The molecule has 2 rings (SSSR count). The van der Waals surface area contributed by atoms with E-state index in [1.807, 2.05) is 46.8 Å². The van der Waals surface area contributed by atoms with Gasteiger partial charge in [-0.3, -0.25) is 4.90 Å². The Hall–Kier alpha value is -1.80.